The van der Waals surface area contributed by atoms with Crippen LogP contribution in [-0.4, -0.2) is 26.3 Å². The zero-order valence-electron chi connectivity index (χ0n) is 11.8. The summed E-state index contributed by atoms with van der Waals surface area (Å²) in [5.41, 5.74) is 3.26. The Morgan fingerprint density at radius 3 is 2.86 bits per heavy atom. The van der Waals surface area contributed by atoms with Crippen LogP contribution in [0.25, 0.3) is 0 Å². The fourth-order valence-corrected chi connectivity index (χ4v) is 2.41. The number of nitrogens with one attached hydrogen (secondary N) is 1. The smallest absolute Gasteiger partial charge is 0.245 e. The Morgan fingerprint density at radius 2 is 2.19 bits per heavy atom. The predicted molar refractivity (Wildman–Crippen MR) is 83.3 cm³/mol. The summed E-state index contributed by atoms with van der Waals surface area (Å²) in [5, 5.41) is 5.88. The topological polar surface area (TPSA) is 59.9 Å². The van der Waals surface area contributed by atoms with Gasteiger partial charge in [0.25, 0.3) is 0 Å². The predicted octanol–water partition coefficient (Wildman–Crippen LogP) is 2.46. The molecule has 1 heterocycles. The molecule has 21 heavy (non-hydrogen) atoms. The van der Waals surface area contributed by atoms with Crippen molar-refractivity contribution in [2.24, 2.45) is 5.10 Å². The molecule has 0 atom stereocenters. The number of thiophene rings is 1. The minimum atomic E-state index is -0.152. The Balaban J connectivity index is 1.96. The second-order valence-corrected chi connectivity index (χ2v) is 5.19. The summed E-state index contributed by atoms with van der Waals surface area (Å²) in [4.78, 5) is 12.7. The molecule has 1 aromatic heterocycles. The van der Waals surface area contributed by atoms with Crippen LogP contribution in [0.2, 0.25) is 0 Å². The monoisotopic (exact) mass is 304 g/mol. The van der Waals surface area contributed by atoms with E-state index in [1.807, 2.05) is 23.6 Å². The number of hydrazone groups is 1. The van der Waals surface area contributed by atoms with E-state index < -0.39 is 0 Å². The Labute approximate surface area is 127 Å². The molecule has 2 rings (SSSR count). The third-order valence-corrected chi connectivity index (χ3v) is 3.62. The van der Waals surface area contributed by atoms with E-state index in [2.05, 4.69) is 10.5 Å². The summed E-state index contributed by atoms with van der Waals surface area (Å²) >= 11 is 1.54. The van der Waals surface area contributed by atoms with E-state index in [1.54, 1.807) is 43.9 Å². The van der Waals surface area contributed by atoms with Crippen LogP contribution >= 0.6 is 11.3 Å². The molecule has 0 saturated carbocycles. The van der Waals surface area contributed by atoms with E-state index in [0.717, 1.165) is 10.4 Å². The average Bonchev–Trinajstić information content (AvgIpc) is 3.00. The summed E-state index contributed by atoms with van der Waals surface area (Å²) in [6, 6.07) is 9.21. The van der Waals surface area contributed by atoms with Gasteiger partial charge in [-0.25, -0.2) is 5.43 Å². The van der Waals surface area contributed by atoms with Crippen LogP contribution in [0.5, 0.6) is 11.5 Å². The first kappa shape index (κ1) is 15.1. The minimum absolute atomic E-state index is 0.152. The van der Waals surface area contributed by atoms with Crippen LogP contribution in [-0.2, 0) is 11.2 Å². The Hall–Kier alpha value is -2.34. The SMILES string of the molecule is COc1ccc(/C=N\NC(=O)Cc2cccs2)c(OC)c1. The molecule has 0 bridgehead atoms. The minimum Gasteiger partial charge on any atom is -0.497 e. The largest absolute Gasteiger partial charge is 0.497 e. The number of methoxy groups -OCH3 is 2. The number of carbonyl (C=O) groups is 1. The number of hydrogen-bond acceptors (Lipinski definition) is 5. The van der Waals surface area contributed by atoms with Crippen molar-refractivity contribution < 1.29 is 14.3 Å². The first-order valence-corrected chi connectivity index (χ1v) is 7.17. The highest BCUT2D eigenvalue weighted by molar-refractivity contribution is 7.10. The van der Waals surface area contributed by atoms with Gasteiger partial charge >= 0.3 is 0 Å². The van der Waals surface area contributed by atoms with Gasteiger partial charge in [0, 0.05) is 16.5 Å². The molecule has 6 heteroatoms. The van der Waals surface area contributed by atoms with Gasteiger partial charge in [0.05, 0.1) is 26.9 Å². The van der Waals surface area contributed by atoms with Gasteiger partial charge in [0.1, 0.15) is 11.5 Å². The molecule has 1 amide bonds. The van der Waals surface area contributed by atoms with Crippen molar-refractivity contribution in [2.45, 2.75) is 6.42 Å². The summed E-state index contributed by atoms with van der Waals surface area (Å²) in [6.07, 6.45) is 1.87. The van der Waals surface area contributed by atoms with Crippen LogP contribution in [0.1, 0.15) is 10.4 Å². The lowest BCUT2D eigenvalue weighted by Gasteiger charge is -2.06. The molecule has 0 aliphatic heterocycles. The van der Waals surface area contributed by atoms with Crippen molar-refractivity contribution in [1.29, 1.82) is 0 Å². The molecule has 5 nitrogen and oxygen atoms in total. The molecule has 110 valence electrons. The summed E-state index contributed by atoms with van der Waals surface area (Å²) in [6.45, 7) is 0. The fourth-order valence-electron chi connectivity index (χ4n) is 1.71. The van der Waals surface area contributed by atoms with Gasteiger partial charge in [-0.3, -0.25) is 4.79 Å². The van der Waals surface area contributed by atoms with Gasteiger partial charge in [-0.15, -0.1) is 11.3 Å². The molecule has 1 aromatic carbocycles. The molecule has 0 spiro atoms. The highest BCUT2D eigenvalue weighted by atomic mass is 32.1. The van der Waals surface area contributed by atoms with E-state index in [0.29, 0.717) is 17.9 Å². The van der Waals surface area contributed by atoms with E-state index in [1.165, 1.54) is 0 Å². The average molecular weight is 304 g/mol. The van der Waals surface area contributed by atoms with Crippen molar-refractivity contribution in [1.82, 2.24) is 5.43 Å². The second kappa shape index (κ2) is 7.44. The number of hydrogen-bond donors (Lipinski definition) is 1. The van der Waals surface area contributed by atoms with E-state index in [-0.39, 0.29) is 5.91 Å². The van der Waals surface area contributed by atoms with Crippen LogP contribution in [0.4, 0.5) is 0 Å². The molecular formula is C15H16N2O3S. The Morgan fingerprint density at radius 1 is 1.33 bits per heavy atom. The molecule has 0 fully saturated rings. The normalized spacial score (nSPS) is 10.6. The van der Waals surface area contributed by atoms with E-state index >= 15 is 0 Å². The fraction of sp³-hybridized carbons (Fsp3) is 0.200. The highest BCUT2D eigenvalue weighted by Crippen LogP contribution is 2.22. The molecular weight excluding hydrogens is 288 g/mol. The molecule has 0 aliphatic carbocycles. The standard InChI is InChI=1S/C15H16N2O3S/c1-19-12-6-5-11(14(8-12)20-2)10-16-17-15(18)9-13-4-3-7-21-13/h3-8,10H,9H2,1-2H3,(H,17,18)/b16-10-. The summed E-state index contributed by atoms with van der Waals surface area (Å²) in [7, 11) is 3.16. The number of amides is 1. The maximum Gasteiger partial charge on any atom is 0.245 e. The first-order chi connectivity index (χ1) is 10.2. The van der Waals surface area contributed by atoms with Crippen molar-refractivity contribution in [3.63, 3.8) is 0 Å². The molecule has 0 radical (unpaired) electrons. The molecule has 0 unspecified atom stereocenters. The van der Waals surface area contributed by atoms with Crippen LogP contribution in [0.15, 0.2) is 40.8 Å². The first-order valence-electron chi connectivity index (χ1n) is 6.29. The number of nitrogens with zero attached hydrogens (tertiary/aromatic N) is 1. The van der Waals surface area contributed by atoms with Gasteiger partial charge in [0.15, 0.2) is 0 Å². The zero-order valence-corrected chi connectivity index (χ0v) is 12.6. The Bertz CT molecular complexity index is 624. The molecule has 0 aliphatic rings. The van der Waals surface area contributed by atoms with Gasteiger partial charge in [0.2, 0.25) is 5.91 Å². The third-order valence-electron chi connectivity index (χ3n) is 2.75. The summed E-state index contributed by atoms with van der Waals surface area (Å²) in [5.74, 6) is 1.18. The number of carbonyl (C=O) groups excluding carboxylic acids is 1. The van der Waals surface area contributed by atoms with Crippen molar-refractivity contribution in [3.8, 4) is 11.5 Å². The highest BCUT2D eigenvalue weighted by Gasteiger charge is 2.04. The van der Waals surface area contributed by atoms with Gasteiger partial charge in [-0.2, -0.15) is 5.10 Å². The lowest BCUT2D eigenvalue weighted by Crippen LogP contribution is -2.19. The molecule has 0 saturated heterocycles. The number of ether oxygens (including phenoxy) is 2. The van der Waals surface area contributed by atoms with Crippen LogP contribution in [0, 0.1) is 0 Å². The maximum absolute atomic E-state index is 11.7. The van der Waals surface area contributed by atoms with Gasteiger partial charge in [-0.05, 0) is 23.6 Å². The van der Waals surface area contributed by atoms with Crippen molar-refractivity contribution >= 4 is 23.5 Å². The van der Waals surface area contributed by atoms with Crippen LogP contribution in [0.3, 0.4) is 0 Å². The van der Waals surface area contributed by atoms with Crippen molar-refractivity contribution in [2.75, 3.05) is 14.2 Å². The van der Waals surface area contributed by atoms with E-state index in [9.17, 15) is 4.79 Å². The zero-order chi connectivity index (χ0) is 15.1. The third kappa shape index (κ3) is 4.32. The Kier molecular flexibility index (Phi) is 5.34. The number of benzene rings is 1. The van der Waals surface area contributed by atoms with E-state index in [4.69, 9.17) is 9.47 Å². The number of rotatable bonds is 6. The van der Waals surface area contributed by atoms with Gasteiger partial charge in [-0.1, -0.05) is 6.07 Å². The van der Waals surface area contributed by atoms with Crippen molar-refractivity contribution in [3.05, 3.63) is 46.2 Å². The van der Waals surface area contributed by atoms with Gasteiger partial charge < -0.3 is 9.47 Å². The second-order valence-electron chi connectivity index (χ2n) is 4.16. The lowest BCUT2D eigenvalue weighted by atomic mass is 10.2. The molecule has 1 N–H and O–H groups in total. The summed E-state index contributed by atoms with van der Waals surface area (Å²) < 4.78 is 10.4. The molecule has 2 aromatic rings. The lowest BCUT2D eigenvalue weighted by molar-refractivity contribution is -0.120. The maximum atomic E-state index is 11.7. The quantitative estimate of drug-likeness (QED) is 0.659. The van der Waals surface area contributed by atoms with Crippen LogP contribution < -0.4 is 14.9 Å².